The van der Waals surface area contributed by atoms with Crippen molar-refractivity contribution in [3.8, 4) is 0 Å². The van der Waals surface area contributed by atoms with E-state index in [0.29, 0.717) is 0 Å². The molecule has 0 atom stereocenters. The quantitative estimate of drug-likeness (QED) is 0.448. The summed E-state index contributed by atoms with van der Waals surface area (Å²) in [5.41, 5.74) is 0. The summed E-state index contributed by atoms with van der Waals surface area (Å²) >= 11 is 0. The van der Waals surface area contributed by atoms with Gasteiger partial charge in [-0.3, -0.25) is 0 Å². The van der Waals surface area contributed by atoms with E-state index in [1.54, 1.807) is 0 Å². The monoisotopic (exact) mass is 244 g/mol. The van der Waals surface area contributed by atoms with Crippen LogP contribution in [0.25, 0.3) is 0 Å². The van der Waals surface area contributed by atoms with Crippen molar-refractivity contribution in [3.05, 3.63) is 0 Å². The van der Waals surface area contributed by atoms with Gasteiger partial charge in [0.05, 0.1) is 0 Å². The first-order valence-electron chi connectivity index (χ1n) is 0.612. The van der Waals surface area contributed by atoms with Gasteiger partial charge in [0.25, 0.3) is 0 Å². The third-order valence-corrected chi connectivity index (χ3v) is 0. The maximum Gasteiger partial charge on any atom is 3.00 e. The van der Waals surface area contributed by atoms with Gasteiger partial charge in [-0.2, -0.15) is 0 Å². The molecule has 0 unspecified atom stereocenters. The van der Waals surface area contributed by atoms with E-state index in [1.165, 1.54) is 0 Å². The molecule has 0 saturated carbocycles. The average Bonchev–Trinajstić information content (AvgIpc) is 0.811. The summed E-state index contributed by atoms with van der Waals surface area (Å²) in [5.74, 6) is 0. The SMILES string of the molecule is O.O=C([O-])[O-].[Er+3]. The molecule has 0 heterocycles. The van der Waals surface area contributed by atoms with Crippen molar-refractivity contribution in [3.63, 3.8) is 0 Å². The molecule has 4 nitrogen and oxygen atoms in total. The predicted octanol–water partition coefficient (Wildman–Crippen LogP) is -3.27. The van der Waals surface area contributed by atoms with Crippen molar-refractivity contribution >= 4 is 6.16 Å². The van der Waals surface area contributed by atoms with Gasteiger partial charge in [0.1, 0.15) is 0 Å². The fraction of sp³-hybridized carbons (Fsp3) is 0. The molecule has 6 heavy (non-hydrogen) atoms. The summed E-state index contributed by atoms with van der Waals surface area (Å²) in [5, 5.41) is 16.7. The third-order valence-electron chi connectivity index (χ3n) is 0. The molecule has 5 heteroatoms. The minimum absolute atomic E-state index is 0. The Morgan fingerprint density at radius 1 is 1.33 bits per heavy atom. The van der Waals surface area contributed by atoms with Gasteiger partial charge in [-0.25, -0.2) is 0 Å². The second-order valence-corrected chi connectivity index (χ2v) is 0.250. The van der Waals surface area contributed by atoms with Crippen molar-refractivity contribution in [1.29, 1.82) is 0 Å². The minimum Gasteiger partial charge on any atom is -0.652 e. The van der Waals surface area contributed by atoms with Crippen LogP contribution in [0.3, 0.4) is 0 Å². The summed E-state index contributed by atoms with van der Waals surface area (Å²) in [4.78, 5) is 8.33. The molecule has 0 aliphatic heterocycles. The van der Waals surface area contributed by atoms with E-state index in [4.69, 9.17) is 15.0 Å². The topological polar surface area (TPSA) is 94.7 Å². The van der Waals surface area contributed by atoms with Crippen molar-refractivity contribution in [2.45, 2.75) is 0 Å². The Hall–Kier alpha value is 0.477. The number of carbonyl (C=O) groups excluding carboxylic acids is 1. The average molecular weight is 245 g/mol. The van der Waals surface area contributed by atoms with Crippen LogP contribution in [0.15, 0.2) is 0 Å². The van der Waals surface area contributed by atoms with Crippen molar-refractivity contribution in [2.24, 2.45) is 0 Å². The zero-order valence-electron chi connectivity index (χ0n) is 2.51. The number of hydrogen-bond donors (Lipinski definition) is 0. The fourth-order valence-corrected chi connectivity index (χ4v) is 0. The van der Waals surface area contributed by atoms with Gasteiger partial charge >= 0.3 is 37.3 Å². The van der Waals surface area contributed by atoms with Gasteiger partial charge < -0.3 is 20.5 Å². The number of rotatable bonds is 0. The molecule has 0 amide bonds. The Balaban J connectivity index is -0.0000000450. The van der Waals surface area contributed by atoms with Gasteiger partial charge in [0, 0.05) is 0 Å². The van der Waals surface area contributed by atoms with Crippen molar-refractivity contribution < 1.29 is 57.8 Å². The largest absolute Gasteiger partial charge is 3.00 e. The molecule has 0 fully saturated rings. The van der Waals surface area contributed by atoms with Crippen LogP contribution in [-0.2, 0) is 0 Å². The normalized spacial score (nSPS) is 4.00. The second kappa shape index (κ2) is 9.08. The van der Waals surface area contributed by atoms with Crippen molar-refractivity contribution in [2.75, 3.05) is 0 Å². The van der Waals surface area contributed by atoms with E-state index in [0.717, 1.165) is 0 Å². The van der Waals surface area contributed by atoms with Gasteiger partial charge in [-0.1, -0.05) is 0 Å². The Labute approximate surface area is 63.7 Å². The number of carboxylic acid groups (broad SMARTS) is 2. The smallest absolute Gasteiger partial charge is 0.652 e. The standard InChI is InChI=1S/CH2O3.Er.H2O/c2-1(3)4;;/h(H2,2,3,4);;1H2/q;+3;/p-2. The molecular formula is CH2ErO4+. The van der Waals surface area contributed by atoms with E-state index < -0.39 is 6.16 Å². The Bertz CT molecular complexity index is 30.5. The van der Waals surface area contributed by atoms with Crippen LogP contribution in [0.4, 0.5) is 4.79 Å². The first kappa shape index (κ1) is 16.1. The first-order chi connectivity index (χ1) is 1.73. The summed E-state index contributed by atoms with van der Waals surface area (Å²) in [6.07, 6.45) is -2.33. The number of carbonyl (C=O) groups is 1. The summed E-state index contributed by atoms with van der Waals surface area (Å²) < 4.78 is 0. The Kier molecular flexibility index (Phi) is 24.3. The van der Waals surface area contributed by atoms with Crippen LogP contribution < -0.4 is 10.2 Å². The molecular weight excluding hydrogens is 243 g/mol. The van der Waals surface area contributed by atoms with E-state index in [2.05, 4.69) is 0 Å². The van der Waals surface area contributed by atoms with Gasteiger partial charge in [0.15, 0.2) is 0 Å². The Morgan fingerprint density at radius 2 is 1.33 bits per heavy atom. The molecule has 0 bridgehead atoms. The van der Waals surface area contributed by atoms with E-state index in [-0.39, 0.29) is 42.8 Å². The van der Waals surface area contributed by atoms with E-state index in [9.17, 15) is 0 Å². The molecule has 41 valence electrons. The zero-order chi connectivity index (χ0) is 3.58. The molecule has 2 N–H and O–H groups in total. The van der Waals surface area contributed by atoms with Crippen LogP contribution >= 0.6 is 0 Å². The van der Waals surface area contributed by atoms with Crippen molar-refractivity contribution in [1.82, 2.24) is 0 Å². The molecule has 0 rings (SSSR count). The van der Waals surface area contributed by atoms with Crippen LogP contribution in [0.2, 0.25) is 0 Å². The van der Waals surface area contributed by atoms with Gasteiger partial charge in [0.2, 0.25) is 0 Å². The van der Waals surface area contributed by atoms with Crippen LogP contribution in [-0.4, -0.2) is 11.6 Å². The maximum atomic E-state index is 8.33. The molecule has 0 spiro atoms. The summed E-state index contributed by atoms with van der Waals surface area (Å²) in [7, 11) is 0. The number of hydrogen-bond acceptors (Lipinski definition) is 3. The molecule has 0 aromatic heterocycles. The van der Waals surface area contributed by atoms with E-state index in [1.807, 2.05) is 0 Å². The predicted molar refractivity (Wildman–Crippen MR) is 9.01 cm³/mol. The van der Waals surface area contributed by atoms with Crippen LogP contribution in [0.5, 0.6) is 0 Å². The van der Waals surface area contributed by atoms with Crippen LogP contribution in [0, 0.1) is 37.3 Å². The summed E-state index contributed by atoms with van der Waals surface area (Å²) in [6, 6.07) is 0. The van der Waals surface area contributed by atoms with Gasteiger partial charge in [-0.15, -0.1) is 0 Å². The van der Waals surface area contributed by atoms with Gasteiger partial charge in [-0.05, 0) is 6.16 Å². The first-order valence-corrected chi connectivity index (χ1v) is 0.612. The van der Waals surface area contributed by atoms with E-state index >= 15 is 0 Å². The molecule has 0 aliphatic carbocycles. The molecule has 0 aromatic rings. The minimum atomic E-state index is -2.33. The third kappa shape index (κ3) is 238. The fourth-order valence-electron chi connectivity index (χ4n) is 0. The summed E-state index contributed by atoms with van der Waals surface area (Å²) in [6.45, 7) is 0. The Morgan fingerprint density at radius 3 is 1.33 bits per heavy atom. The molecule has 1 radical (unpaired) electrons. The van der Waals surface area contributed by atoms with Crippen LogP contribution in [0.1, 0.15) is 0 Å². The maximum absolute atomic E-state index is 8.33. The molecule has 0 aromatic carbocycles. The molecule has 0 aliphatic rings. The zero-order valence-corrected chi connectivity index (χ0v) is 4.37. The molecule has 0 saturated heterocycles. The second-order valence-electron chi connectivity index (χ2n) is 0.250.